The Kier molecular flexibility index (Phi) is 6.32. The van der Waals surface area contributed by atoms with Gasteiger partial charge in [-0.15, -0.1) is 22.7 Å². The average molecular weight is 370 g/mol. The molecule has 2 heterocycles. The number of thiophene rings is 2. The van der Waals surface area contributed by atoms with Gasteiger partial charge < -0.3 is 10.2 Å². The molecule has 0 amide bonds. The Hall–Kier alpha value is -1.45. The van der Waals surface area contributed by atoms with Gasteiger partial charge >= 0.3 is 5.97 Å². The summed E-state index contributed by atoms with van der Waals surface area (Å²) in [5, 5.41) is 17.0. The Morgan fingerprint density at radius 1 is 1.00 bits per heavy atom. The summed E-state index contributed by atoms with van der Waals surface area (Å²) in [5.74, 6) is -6.90. The van der Waals surface area contributed by atoms with Crippen LogP contribution in [0.3, 0.4) is 0 Å². The molecule has 0 aliphatic heterocycles. The van der Waals surface area contributed by atoms with Crippen molar-refractivity contribution in [3.8, 4) is 0 Å². The zero-order chi connectivity index (χ0) is 17.8. The number of aliphatic hydroxyl groups is 1. The third kappa shape index (κ3) is 5.92. The van der Waals surface area contributed by atoms with Crippen LogP contribution in [-0.4, -0.2) is 16.2 Å². The lowest BCUT2D eigenvalue weighted by Crippen LogP contribution is -2.03. The summed E-state index contributed by atoms with van der Waals surface area (Å²) in [7, 11) is 0. The molecule has 0 radical (unpaired) electrons. The Morgan fingerprint density at radius 3 is 1.74 bits per heavy atom. The molecule has 2 aromatic rings. The minimum Gasteiger partial charge on any atom is -0.477 e. The molecule has 2 aromatic heterocycles. The smallest absolute Gasteiger partial charge is 0.345 e. The van der Waals surface area contributed by atoms with Crippen LogP contribution >= 0.6 is 22.7 Å². The summed E-state index contributed by atoms with van der Waals surface area (Å²) >= 11 is 1.54. The van der Waals surface area contributed by atoms with Gasteiger partial charge in [0.2, 0.25) is 0 Å². The van der Waals surface area contributed by atoms with E-state index in [4.69, 9.17) is 10.2 Å². The van der Waals surface area contributed by atoms with Crippen LogP contribution in [0.4, 0.5) is 17.6 Å². The number of carbonyl (C=O) groups is 1. The second kappa shape index (κ2) is 7.41. The van der Waals surface area contributed by atoms with Crippen molar-refractivity contribution in [2.24, 2.45) is 0 Å². The molecule has 128 valence electrons. The molecule has 0 unspecified atom stereocenters. The number of aliphatic hydroxyl groups excluding tert-OH is 1. The molecule has 0 bridgehead atoms. The summed E-state index contributed by atoms with van der Waals surface area (Å²) in [6, 6.07) is 5.17. The normalized spacial score (nSPS) is 11.8. The Labute approximate surface area is 137 Å². The van der Waals surface area contributed by atoms with Gasteiger partial charge in [0.05, 0.1) is 16.4 Å². The lowest BCUT2D eigenvalue weighted by atomic mass is 10.3. The van der Waals surface area contributed by atoms with E-state index in [1.165, 1.54) is 18.2 Å². The fourth-order valence-corrected chi connectivity index (χ4v) is 2.96. The first-order valence-corrected chi connectivity index (χ1v) is 7.87. The maximum atomic E-state index is 12.5. The predicted molar refractivity (Wildman–Crippen MR) is 80.7 cm³/mol. The number of carboxylic acid groups (broad SMARTS) is 1. The van der Waals surface area contributed by atoms with Crippen molar-refractivity contribution in [2.75, 3.05) is 0 Å². The van der Waals surface area contributed by atoms with Crippen molar-refractivity contribution < 1.29 is 32.6 Å². The highest BCUT2D eigenvalue weighted by molar-refractivity contribution is 7.14. The fourth-order valence-electron chi connectivity index (χ4n) is 1.39. The van der Waals surface area contributed by atoms with Crippen molar-refractivity contribution in [2.45, 2.75) is 32.3 Å². The van der Waals surface area contributed by atoms with Crippen molar-refractivity contribution in [1.82, 2.24) is 0 Å². The van der Waals surface area contributed by atoms with Crippen LogP contribution in [0.2, 0.25) is 0 Å². The highest BCUT2D eigenvalue weighted by Crippen LogP contribution is 2.33. The molecule has 23 heavy (non-hydrogen) atoms. The second-order valence-corrected chi connectivity index (χ2v) is 6.92. The highest BCUT2D eigenvalue weighted by atomic mass is 32.1. The quantitative estimate of drug-likeness (QED) is 0.752. The second-order valence-electron chi connectivity index (χ2n) is 4.67. The molecule has 0 spiro atoms. The van der Waals surface area contributed by atoms with Crippen molar-refractivity contribution >= 4 is 28.6 Å². The van der Waals surface area contributed by atoms with E-state index in [0.717, 1.165) is 31.3 Å². The molecule has 2 rings (SSSR count). The number of hydrogen-bond donors (Lipinski definition) is 2. The summed E-state index contributed by atoms with van der Waals surface area (Å²) in [6.45, 7) is 1.42. The van der Waals surface area contributed by atoms with Gasteiger partial charge in [0.25, 0.3) is 11.8 Å². The van der Waals surface area contributed by atoms with Gasteiger partial charge in [0, 0.05) is 18.7 Å². The molecule has 0 fully saturated rings. The maximum absolute atomic E-state index is 12.5. The first kappa shape index (κ1) is 19.6. The number of hydrogen-bond acceptors (Lipinski definition) is 4. The maximum Gasteiger partial charge on any atom is 0.345 e. The predicted octanol–water partition coefficient (Wildman–Crippen LogP) is 4.91. The third-order valence-electron chi connectivity index (χ3n) is 2.50. The molecular weight excluding hydrogens is 356 g/mol. The van der Waals surface area contributed by atoms with E-state index in [1.807, 2.05) is 0 Å². The zero-order valence-electron chi connectivity index (χ0n) is 12.1. The Bertz CT molecular complexity index is 654. The number of alkyl halides is 4. The Balaban J connectivity index is 0.000000231. The molecular formula is C14H14F4O3S2. The van der Waals surface area contributed by atoms with E-state index in [2.05, 4.69) is 0 Å². The standard InChI is InChI=1S/C7H6F2O2S.C7H8F2OS/c1-7(8,9)5-3-2-4(12-5)6(10)11;1-7(8,9)6-3-2-5(4-10)11-6/h2-3H,1H3,(H,10,11);2-3,10H,4H2,1H3. The molecule has 0 aromatic carbocycles. The molecule has 3 nitrogen and oxygen atoms in total. The monoisotopic (exact) mass is 370 g/mol. The summed E-state index contributed by atoms with van der Waals surface area (Å²) in [4.78, 5) is 10.6. The summed E-state index contributed by atoms with van der Waals surface area (Å²) < 4.78 is 50.2. The minimum absolute atomic E-state index is 0.00144. The van der Waals surface area contributed by atoms with Crippen LogP contribution in [0.25, 0.3) is 0 Å². The van der Waals surface area contributed by atoms with E-state index >= 15 is 0 Å². The Morgan fingerprint density at radius 2 is 1.48 bits per heavy atom. The van der Waals surface area contributed by atoms with Crippen LogP contribution in [0.1, 0.15) is 38.2 Å². The number of halogens is 4. The first-order valence-electron chi connectivity index (χ1n) is 6.24. The molecule has 0 aliphatic carbocycles. The zero-order valence-corrected chi connectivity index (χ0v) is 13.8. The van der Waals surface area contributed by atoms with Crippen LogP contribution in [0, 0.1) is 0 Å². The van der Waals surface area contributed by atoms with E-state index < -0.39 is 17.8 Å². The molecule has 0 saturated carbocycles. The third-order valence-corrected chi connectivity index (χ3v) is 4.99. The van der Waals surface area contributed by atoms with Crippen LogP contribution in [0.5, 0.6) is 0 Å². The van der Waals surface area contributed by atoms with Crippen molar-refractivity contribution in [1.29, 1.82) is 0 Å². The van der Waals surface area contributed by atoms with Gasteiger partial charge in [-0.3, -0.25) is 0 Å². The molecule has 0 aliphatic rings. The molecule has 0 atom stereocenters. The van der Waals surface area contributed by atoms with Crippen LogP contribution in [0.15, 0.2) is 24.3 Å². The fraction of sp³-hybridized carbons (Fsp3) is 0.357. The number of rotatable bonds is 4. The van der Waals surface area contributed by atoms with E-state index in [-0.39, 0.29) is 21.2 Å². The van der Waals surface area contributed by atoms with Gasteiger partial charge in [-0.1, -0.05) is 0 Å². The summed E-state index contributed by atoms with van der Waals surface area (Å²) in [6.07, 6.45) is 0. The summed E-state index contributed by atoms with van der Waals surface area (Å²) in [5.41, 5.74) is 0. The minimum atomic E-state index is -2.95. The van der Waals surface area contributed by atoms with Gasteiger partial charge in [-0.2, -0.15) is 0 Å². The van der Waals surface area contributed by atoms with Gasteiger partial charge in [0.15, 0.2) is 0 Å². The highest BCUT2D eigenvalue weighted by Gasteiger charge is 2.27. The first-order chi connectivity index (χ1) is 10.4. The van der Waals surface area contributed by atoms with Crippen LogP contribution in [-0.2, 0) is 18.5 Å². The van der Waals surface area contributed by atoms with Crippen LogP contribution < -0.4 is 0 Å². The topological polar surface area (TPSA) is 57.5 Å². The lowest BCUT2D eigenvalue weighted by molar-refractivity contribution is 0.0208. The molecule has 0 saturated heterocycles. The van der Waals surface area contributed by atoms with Gasteiger partial charge in [0.1, 0.15) is 4.88 Å². The van der Waals surface area contributed by atoms with Crippen molar-refractivity contribution in [3.05, 3.63) is 43.8 Å². The van der Waals surface area contributed by atoms with Gasteiger partial charge in [-0.05, 0) is 24.3 Å². The largest absolute Gasteiger partial charge is 0.477 e. The van der Waals surface area contributed by atoms with Gasteiger partial charge in [-0.25, -0.2) is 22.4 Å². The molecule has 2 N–H and O–H groups in total. The van der Waals surface area contributed by atoms with E-state index in [1.54, 1.807) is 0 Å². The number of aromatic carboxylic acids is 1. The average Bonchev–Trinajstić information content (AvgIpc) is 3.07. The SMILES string of the molecule is CC(F)(F)c1ccc(C(=O)O)s1.CC(F)(F)c1ccc(CO)s1. The van der Waals surface area contributed by atoms with E-state index in [9.17, 15) is 22.4 Å². The van der Waals surface area contributed by atoms with E-state index in [0.29, 0.717) is 16.2 Å². The number of carboxylic acids is 1. The van der Waals surface area contributed by atoms with Crippen molar-refractivity contribution in [3.63, 3.8) is 0 Å². The lowest BCUT2D eigenvalue weighted by Gasteiger charge is -2.05. The molecule has 9 heteroatoms.